The highest BCUT2D eigenvalue weighted by molar-refractivity contribution is 7.17. The van der Waals surface area contributed by atoms with Gasteiger partial charge in [-0.05, 0) is 41.6 Å². The normalized spacial score (nSPS) is 12.3. The zero-order chi connectivity index (χ0) is 22.9. The van der Waals surface area contributed by atoms with Gasteiger partial charge in [-0.3, -0.25) is 18.7 Å². The molecule has 0 bridgehead atoms. The van der Waals surface area contributed by atoms with Crippen molar-refractivity contribution in [2.24, 2.45) is 0 Å². The summed E-state index contributed by atoms with van der Waals surface area (Å²) < 4.78 is 13.7. The highest BCUT2D eigenvalue weighted by Crippen LogP contribution is 2.32. The Morgan fingerprint density at radius 3 is 2.58 bits per heavy atom. The van der Waals surface area contributed by atoms with E-state index in [0.717, 1.165) is 21.3 Å². The molecule has 1 amide bonds. The lowest BCUT2D eigenvalue weighted by atomic mass is 10.1. The van der Waals surface area contributed by atoms with E-state index in [-0.39, 0.29) is 31.3 Å². The molecule has 0 aliphatic carbocycles. The number of hydrogen-bond acceptors (Lipinski definition) is 6. The van der Waals surface area contributed by atoms with Crippen molar-refractivity contribution in [1.82, 2.24) is 14.5 Å². The molecular weight excluding hydrogens is 442 g/mol. The van der Waals surface area contributed by atoms with Gasteiger partial charge in [-0.25, -0.2) is 4.79 Å². The Morgan fingerprint density at radius 2 is 1.76 bits per heavy atom. The predicted molar refractivity (Wildman–Crippen MR) is 125 cm³/mol. The van der Waals surface area contributed by atoms with Crippen molar-refractivity contribution in [3.63, 3.8) is 0 Å². The summed E-state index contributed by atoms with van der Waals surface area (Å²) in [4.78, 5) is 39.0. The SMILES string of the molecule is Cc1ccc(CNC(=O)Cn2c(=O)n(Cc3ccc4c(c3)OCO4)c(=O)c3sccc32)cc1. The summed E-state index contributed by atoms with van der Waals surface area (Å²) >= 11 is 1.25. The Labute approximate surface area is 192 Å². The van der Waals surface area contributed by atoms with Crippen LogP contribution in [0.1, 0.15) is 16.7 Å². The molecule has 0 saturated heterocycles. The minimum Gasteiger partial charge on any atom is -0.454 e. The minimum absolute atomic E-state index is 0.0626. The lowest BCUT2D eigenvalue weighted by molar-refractivity contribution is -0.121. The second-order valence-corrected chi connectivity index (χ2v) is 8.76. The van der Waals surface area contributed by atoms with Crippen LogP contribution in [0.4, 0.5) is 0 Å². The molecule has 0 atom stereocenters. The summed E-state index contributed by atoms with van der Waals surface area (Å²) in [6.07, 6.45) is 0. The van der Waals surface area contributed by atoms with Gasteiger partial charge < -0.3 is 14.8 Å². The fourth-order valence-electron chi connectivity index (χ4n) is 3.75. The van der Waals surface area contributed by atoms with Crippen LogP contribution in [0.25, 0.3) is 10.2 Å². The second-order valence-electron chi connectivity index (χ2n) is 7.84. The zero-order valence-corrected chi connectivity index (χ0v) is 18.7. The Hall–Kier alpha value is -3.85. The van der Waals surface area contributed by atoms with Crippen molar-refractivity contribution < 1.29 is 14.3 Å². The summed E-state index contributed by atoms with van der Waals surface area (Å²) in [6.45, 7) is 2.38. The van der Waals surface area contributed by atoms with Crippen LogP contribution in [0.5, 0.6) is 11.5 Å². The Bertz CT molecular complexity index is 1470. The maximum Gasteiger partial charge on any atom is 0.332 e. The molecule has 168 valence electrons. The van der Waals surface area contributed by atoms with E-state index in [2.05, 4.69) is 5.32 Å². The molecule has 1 N–H and O–H groups in total. The molecule has 1 aliphatic rings. The number of thiophene rings is 1. The average Bonchev–Trinajstić information content (AvgIpc) is 3.48. The van der Waals surface area contributed by atoms with Gasteiger partial charge in [-0.2, -0.15) is 0 Å². The smallest absolute Gasteiger partial charge is 0.332 e. The highest BCUT2D eigenvalue weighted by Gasteiger charge is 2.18. The van der Waals surface area contributed by atoms with E-state index < -0.39 is 5.69 Å². The maximum absolute atomic E-state index is 13.3. The number of ether oxygens (including phenoxy) is 2. The first-order valence-electron chi connectivity index (χ1n) is 10.4. The number of carbonyl (C=O) groups is 1. The Morgan fingerprint density at radius 1 is 1.00 bits per heavy atom. The van der Waals surface area contributed by atoms with Crippen molar-refractivity contribution >= 4 is 27.5 Å². The fraction of sp³-hybridized carbons (Fsp3) is 0.208. The minimum atomic E-state index is -0.533. The number of carbonyl (C=O) groups excluding carboxylic acids is 1. The average molecular weight is 464 g/mol. The molecule has 0 spiro atoms. The van der Waals surface area contributed by atoms with Crippen LogP contribution in [0.3, 0.4) is 0 Å². The van der Waals surface area contributed by atoms with Crippen LogP contribution in [-0.4, -0.2) is 21.8 Å². The first-order chi connectivity index (χ1) is 16.0. The number of fused-ring (bicyclic) bond motifs is 2. The predicted octanol–water partition coefficient (Wildman–Crippen LogP) is 2.63. The second kappa shape index (κ2) is 8.59. The summed E-state index contributed by atoms with van der Waals surface area (Å²) in [5.74, 6) is 0.898. The first kappa shape index (κ1) is 21.0. The molecule has 0 unspecified atom stereocenters. The molecule has 1 aliphatic heterocycles. The number of aromatic nitrogens is 2. The molecule has 2 aromatic carbocycles. The lowest BCUT2D eigenvalue weighted by Crippen LogP contribution is -2.42. The summed E-state index contributed by atoms with van der Waals surface area (Å²) in [5.41, 5.74) is 2.39. The van der Waals surface area contributed by atoms with Gasteiger partial charge in [0.15, 0.2) is 11.5 Å². The molecule has 33 heavy (non-hydrogen) atoms. The molecule has 5 rings (SSSR count). The number of aryl methyl sites for hydroxylation is 1. The third-order valence-corrected chi connectivity index (χ3v) is 6.42. The summed E-state index contributed by atoms with van der Waals surface area (Å²) in [6, 6.07) is 14.8. The van der Waals surface area contributed by atoms with Crippen LogP contribution in [0, 0.1) is 6.92 Å². The molecule has 0 fully saturated rings. The number of nitrogens with zero attached hydrogens (tertiary/aromatic N) is 2. The van der Waals surface area contributed by atoms with Gasteiger partial charge >= 0.3 is 5.69 Å². The van der Waals surface area contributed by atoms with E-state index in [1.807, 2.05) is 31.2 Å². The van der Waals surface area contributed by atoms with Crippen molar-refractivity contribution in [1.29, 1.82) is 0 Å². The van der Waals surface area contributed by atoms with E-state index in [0.29, 0.717) is 28.3 Å². The number of benzene rings is 2. The summed E-state index contributed by atoms with van der Waals surface area (Å²) in [5, 5.41) is 4.60. The van der Waals surface area contributed by atoms with Gasteiger partial charge in [-0.15, -0.1) is 11.3 Å². The summed E-state index contributed by atoms with van der Waals surface area (Å²) in [7, 11) is 0. The van der Waals surface area contributed by atoms with Crippen LogP contribution in [0.2, 0.25) is 0 Å². The molecule has 0 saturated carbocycles. The van der Waals surface area contributed by atoms with Gasteiger partial charge in [-0.1, -0.05) is 35.9 Å². The number of amides is 1. The van der Waals surface area contributed by atoms with Crippen molar-refractivity contribution in [3.05, 3.63) is 91.4 Å². The van der Waals surface area contributed by atoms with E-state index in [1.165, 1.54) is 15.9 Å². The molecule has 9 heteroatoms. The number of rotatable bonds is 6. The molecular formula is C24H21N3O5S. The molecule has 3 heterocycles. The topological polar surface area (TPSA) is 91.6 Å². The van der Waals surface area contributed by atoms with Crippen LogP contribution in [-0.2, 0) is 24.4 Å². The number of hydrogen-bond donors (Lipinski definition) is 1. The van der Waals surface area contributed by atoms with E-state index in [4.69, 9.17) is 9.47 Å². The van der Waals surface area contributed by atoms with Crippen molar-refractivity contribution in [3.8, 4) is 11.5 Å². The monoisotopic (exact) mass is 463 g/mol. The molecule has 4 aromatic rings. The van der Waals surface area contributed by atoms with Crippen molar-refractivity contribution in [2.45, 2.75) is 26.6 Å². The van der Waals surface area contributed by atoms with Crippen LogP contribution in [0.15, 0.2) is 63.5 Å². The fourth-order valence-corrected chi connectivity index (χ4v) is 4.60. The van der Waals surface area contributed by atoms with Gasteiger partial charge in [0.25, 0.3) is 5.56 Å². The standard InChI is InChI=1S/C24H21N3O5S/c1-15-2-4-16(5-3-15)11-25-21(28)13-26-18-8-9-33-22(18)23(29)27(24(26)30)12-17-6-7-19-20(10-17)32-14-31-19/h2-10H,11-14H2,1H3,(H,25,28). The van der Waals surface area contributed by atoms with Gasteiger partial charge in [0.1, 0.15) is 11.2 Å². The maximum atomic E-state index is 13.3. The van der Waals surface area contributed by atoms with Crippen LogP contribution >= 0.6 is 11.3 Å². The zero-order valence-electron chi connectivity index (χ0n) is 17.9. The highest BCUT2D eigenvalue weighted by atomic mass is 32.1. The van der Waals surface area contributed by atoms with E-state index in [9.17, 15) is 14.4 Å². The van der Waals surface area contributed by atoms with E-state index >= 15 is 0 Å². The first-order valence-corrected chi connectivity index (χ1v) is 11.3. The third kappa shape index (κ3) is 4.14. The third-order valence-electron chi connectivity index (χ3n) is 5.53. The van der Waals surface area contributed by atoms with E-state index in [1.54, 1.807) is 29.6 Å². The van der Waals surface area contributed by atoms with Crippen molar-refractivity contribution in [2.75, 3.05) is 6.79 Å². The Kier molecular flexibility index (Phi) is 5.47. The van der Waals surface area contributed by atoms with Gasteiger partial charge in [0, 0.05) is 6.54 Å². The molecule has 8 nitrogen and oxygen atoms in total. The Balaban J connectivity index is 1.43. The van der Waals surface area contributed by atoms with Gasteiger partial charge in [0.05, 0.1) is 12.1 Å². The number of nitrogens with one attached hydrogen (secondary N) is 1. The molecule has 2 aromatic heterocycles. The molecule has 0 radical (unpaired) electrons. The van der Waals surface area contributed by atoms with Crippen LogP contribution < -0.4 is 26.0 Å². The largest absolute Gasteiger partial charge is 0.454 e. The lowest BCUT2D eigenvalue weighted by Gasteiger charge is -2.13. The quantitative estimate of drug-likeness (QED) is 0.475. The van der Waals surface area contributed by atoms with Gasteiger partial charge in [0.2, 0.25) is 12.7 Å².